The van der Waals surface area contributed by atoms with E-state index in [9.17, 15) is 13.6 Å². The summed E-state index contributed by atoms with van der Waals surface area (Å²) in [5.74, 6) is -0.878. The molecule has 2 aliphatic heterocycles. The van der Waals surface area contributed by atoms with Gasteiger partial charge in [-0.2, -0.15) is 5.06 Å². The first-order valence-electron chi connectivity index (χ1n) is 12.4. The molecule has 9 nitrogen and oxygen atoms in total. The Bertz CT molecular complexity index is 1300. The summed E-state index contributed by atoms with van der Waals surface area (Å²) in [6.07, 6.45) is 2.00. The molecule has 1 N–H and O–H groups in total. The van der Waals surface area contributed by atoms with E-state index >= 15 is 0 Å². The number of hydrogen-bond acceptors (Lipinski definition) is 8. The smallest absolute Gasteiger partial charge is 0.435 e. The van der Waals surface area contributed by atoms with Crippen molar-refractivity contribution < 1.29 is 28.0 Å². The van der Waals surface area contributed by atoms with Crippen LogP contribution in [0, 0.1) is 11.6 Å². The van der Waals surface area contributed by atoms with Gasteiger partial charge >= 0.3 is 6.09 Å². The lowest BCUT2D eigenvalue weighted by Crippen LogP contribution is -2.35. The third-order valence-corrected chi connectivity index (χ3v) is 6.17. The molecule has 11 heteroatoms. The predicted octanol–water partition coefficient (Wildman–Crippen LogP) is 5.99. The maximum Gasteiger partial charge on any atom is 0.435 e. The van der Waals surface area contributed by atoms with Crippen LogP contribution in [0.5, 0.6) is 0 Å². The zero-order chi connectivity index (χ0) is 26.9. The minimum absolute atomic E-state index is 0.211. The molecule has 2 aromatic carbocycles. The molecule has 1 aromatic heterocycles. The van der Waals surface area contributed by atoms with Gasteiger partial charge in [0.25, 0.3) is 0 Å². The van der Waals surface area contributed by atoms with Crippen LogP contribution < -0.4 is 10.4 Å². The third-order valence-electron chi connectivity index (χ3n) is 6.17. The number of hydrogen-bond donors (Lipinski definition) is 1. The lowest BCUT2D eigenvalue weighted by molar-refractivity contribution is -0.125. The predicted molar refractivity (Wildman–Crippen MR) is 135 cm³/mol. The quantitative estimate of drug-likeness (QED) is 0.434. The Labute approximate surface area is 219 Å². The molecule has 0 radical (unpaired) electrons. The fourth-order valence-electron chi connectivity index (χ4n) is 4.49. The molecule has 5 rings (SSSR count). The fraction of sp³-hybridized carbons (Fsp3) is 0.370. The second-order valence-electron chi connectivity index (χ2n) is 10.1. The van der Waals surface area contributed by atoms with Gasteiger partial charge in [-0.1, -0.05) is 24.3 Å². The van der Waals surface area contributed by atoms with E-state index in [2.05, 4.69) is 15.3 Å². The molecule has 200 valence electrons. The Kier molecular flexibility index (Phi) is 7.13. The number of benzene rings is 2. The molecule has 1 amide bonds. The SMILES string of the molecule is CC(C)(C)OC(=O)N1OCC[C@@H]1c1ccc(Nc2cc(N3OCC[C@@H]3c3cccc(F)c3F)ncn2)cc1. The highest BCUT2D eigenvalue weighted by molar-refractivity contribution is 5.68. The van der Waals surface area contributed by atoms with Gasteiger partial charge in [-0.3, -0.25) is 9.68 Å². The zero-order valence-electron chi connectivity index (χ0n) is 21.4. The number of amides is 1. The van der Waals surface area contributed by atoms with Gasteiger partial charge in [0.2, 0.25) is 0 Å². The Morgan fingerprint density at radius 2 is 1.76 bits per heavy atom. The number of nitrogens with zero attached hydrogens (tertiary/aromatic N) is 4. The van der Waals surface area contributed by atoms with E-state index in [1.54, 1.807) is 12.1 Å². The summed E-state index contributed by atoms with van der Waals surface area (Å²) in [5.41, 5.74) is 1.26. The summed E-state index contributed by atoms with van der Waals surface area (Å²) >= 11 is 0. The van der Waals surface area contributed by atoms with Gasteiger partial charge in [-0.15, -0.1) is 0 Å². The van der Waals surface area contributed by atoms with E-state index < -0.39 is 29.4 Å². The standard InChI is InChI=1S/C27H29F2N5O4/c1-27(2,3)38-26(35)34-21(11-13-37-34)17-7-9-18(10-8-17)32-23-15-24(31-16-30-23)33-22(12-14-36-33)19-5-4-6-20(28)25(19)29/h4-10,15-16,21-22H,11-14H2,1-3H3,(H,30,31,32)/t21-,22-/m1/s1. The van der Waals surface area contributed by atoms with Crippen LogP contribution in [0.25, 0.3) is 0 Å². The Hall–Kier alpha value is -3.83. The van der Waals surface area contributed by atoms with Crippen LogP contribution in [0.4, 0.5) is 30.9 Å². The fourth-order valence-corrected chi connectivity index (χ4v) is 4.49. The van der Waals surface area contributed by atoms with Crippen molar-refractivity contribution in [2.75, 3.05) is 23.6 Å². The summed E-state index contributed by atoms with van der Waals surface area (Å²) < 4.78 is 33.7. The molecule has 0 bridgehead atoms. The first kappa shape index (κ1) is 25.8. The highest BCUT2D eigenvalue weighted by atomic mass is 19.2. The van der Waals surface area contributed by atoms with E-state index in [1.807, 2.05) is 45.0 Å². The average molecular weight is 526 g/mol. The highest BCUT2D eigenvalue weighted by Crippen LogP contribution is 2.37. The lowest BCUT2D eigenvalue weighted by atomic mass is 10.0. The monoisotopic (exact) mass is 525 g/mol. The molecule has 2 saturated heterocycles. The Balaban J connectivity index is 1.29. The maximum atomic E-state index is 14.5. The maximum absolute atomic E-state index is 14.5. The highest BCUT2D eigenvalue weighted by Gasteiger charge is 2.35. The van der Waals surface area contributed by atoms with Gasteiger partial charge < -0.3 is 10.1 Å². The number of carbonyl (C=O) groups excluding carboxylic acids is 1. The second kappa shape index (κ2) is 10.5. The van der Waals surface area contributed by atoms with E-state index in [0.717, 1.165) is 17.3 Å². The molecule has 2 fully saturated rings. The van der Waals surface area contributed by atoms with Gasteiger partial charge in [-0.05, 0) is 44.5 Å². The summed E-state index contributed by atoms with van der Waals surface area (Å²) in [4.78, 5) is 32.3. The van der Waals surface area contributed by atoms with Crippen molar-refractivity contribution in [1.82, 2.24) is 15.0 Å². The summed E-state index contributed by atoms with van der Waals surface area (Å²) in [6.45, 7) is 6.20. The van der Waals surface area contributed by atoms with Crippen LogP contribution in [0.2, 0.25) is 0 Å². The topological polar surface area (TPSA) is 89.0 Å². The van der Waals surface area contributed by atoms with Crippen molar-refractivity contribution >= 4 is 23.4 Å². The van der Waals surface area contributed by atoms with Crippen LogP contribution in [-0.2, 0) is 14.4 Å². The number of rotatable bonds is 5. The summed E-state index contributed by atoms with van der Waals surface area (Å²) in [5, 5.41) is 6.00. The van der Waals surface area contributed by atoms with Crippen molar-refractivity contribution in [1.29, 1.82) is 0 Å². The van der Waals surface area contributed by atoms with Gasteiger partial charge in [0, 0.05) is 30.2 Å². The molecule has 0 saturated carbocycles. The number of nitrogens with one attached hydrogen (secondary N) is 1. The van der Waals surface area contributed by atoms with Gasteiger partial charge in [0.15, 0.2) is 17.5 Å². The normalized spacial score (nSPS) is 19.6. The first-order valence-corrected chi connectivity index (χ1v) is 12.4. The lowest BCUT2D eigenvalue weighted by Gasteiger charge is -2.27. The molecule has 3 heterocycles. The van der Waals surface area contributed by atoms with E-state index in [4.69, 9.17) is 14.4 Å². The van der Waals surface area contributed by atoms with Gasteiger partial charge in [-0.25, -0.2) is 28.6 Å². The molecule has 2 atom stereocenters. The van der Waals surface area contributed by atoms with Gasteiger partial charge in [0.1, 0.15) is 17.7 Å². The van der Waals surface area contributed by atoms with Crippen molar-refractivity contribution in [3.63, 3.8) is 0 Å². The van der Waals surface area contributed by atoms with Crippen molar-refractivity contribution in [2.45, 2.75) is 51.3 Å². The number of anilines is 3. The second-order valence-corrected chi connectivity index (χ2v) is 10.1. The Morgan fingerprint density at radius 1 is 1.03 bits per heavy atom. The number of ether oxygens (including phenoxy) is 1. The molecule has 38 heavy (non-hydrogen) atoms. The van der Waals surface area contributed by atoms with Crippen LogP contribution in [-0.4, -0.2) is 39.9 Å². The summed E-state index contributed by atoms with van der Waals surface area (Å²) in [7, 11) is 0. The minimum Gasteiger partial charge on any atom is -0.442 e. The van der Waals surface area contributed by atoms with Crippen molar-refractivity contribution in [3.05, 3.63) is 77.6 Å². The van der Waals surface area contributed by atoms with E-state index in [0.29, 0.717) is 37.7 Å². The van der Waals surface area contributed by atoms with E-state index in [-0.39, 0.29) is 11.6 Å². The summed E-state index contributed by atoms with van der Waals surface area (Å²) in [6, 6.07) is 12.6. The molecule has 3 aromatic rings. The number of halogens is 2. The zero-order valence-corrected chi connectivity index (χ0v) is 21.4. The van der Waals surface area contributed by atoms with Crippen LogP contribution in [0.15, 0.2) is 54.9 Å². The molecule has 0 aliphatic carbocycles. The third kappa shape index (κ3) is 5.53. The average Bonchev–Trinajstić information content (AvgIpc) is 3.56. The molecular formula is C27H29F2N5O4. The van der Waals surface area contributed by atoms with E-state index in [1.165, 1.54) is 22.5 Å². The van der Waals surface area contributed by atoms with Crippen molar-refractivity contribution in [3.8, 4) is 0 Å². The van der Waals surface area contributed by atoms with Crippen LogP contribution >= 0.6 is 0 Å². The van der Waals surface area contributed by atoms with Gasteiger partial charge in [0.05, 0.1) is 25.3 Å². The Morgan fingerprint density at radius 3 is 2.53 bits per heavy atom. The molecule has 0 unspecified atom stereocenters. The van der Waals surface area contributed by atoms with Crippen LogP contribution in [0.3, 0.4) is 0 Å². The van der Waals surface area contributed by atoms with Crippen LogP contribution in [0.1, 0.15) is 56.8 Å². The largest absolute Gasteiger partial charge is 0.442 e. The first-order chi connectivity index (χ1) is 18.2. The number of carbonyl (C=O) groups is 1. The minimum atomic E-state index is -0.902. The molecule has 2 aliphatic rings. The van der Waals surface area contributed by atoms with Crippen molar-refractivity contribution in [2.24, 2.45) is 0 Å². The number of aromatic nitrogens is 2. The molecule has 0 spiro atoms. The number of hydroxylamine groups is 3. The molecular weight excluding hydrogens is 496 g/mol.